The van der Waals surface area contributed by atoms with E-state index in [-0.39, 0.29) is 12.0 Å². The van der Waals surface area contributed by atoms with Gasteiger partial charge in [0.05, 0.1) is 12.6 Å². The smallest absolute Gasteiger partial charge is 0.234 e. The van der Waals surface area contributed by atoms with Gasteiger partial charge in [0, 0.05) is 57.9 Å². The molecule has 1 aliphatic carbocycles. The summed E-state index contributed by atoms with van der Waals surface area (Å²) < 4.78 is 0. The molecule has 6 nitrogen and oxygen atoms in total. The third-order valence-electron chi connectivity index (χ3n) is 5.31. The summed E-state index contributed by atoms with van der Waals surface area (Å²) >= 11 is 0. The van der Waals surface area contributed by atoms with Gasteiger partial charge in [-0.05, 0) is 32.6 Å². The summed E-state index contributed by atoms with van der Waals surface area (Å²) in [4.78, 5) is 19.3. The lowest BCUT2D eigenvalue weighted by Gasteiger charge is -2.36. The van der Waals surface area contributed by atoms with Crippen molar-refractivity contribution in [3.8, 4) is 0 Å². The van der Waals surface area contributed by atoms with E-state index in [1.807, 2.05) is 6.92 Å². The third-order valence-corrected chi connectivity index (χ3v) is 5.31. The minimum absolute atomic E-state index is 0.179. The number of aliphatic hydroxyl groups excluding tert-OH is 1. The minimum Gasteiger partial charge on any atom is -0.392 e. The summed E-state index contributed by atoms with van der Waals surface area (Å²) in [6, 6.07) is 1.22. The van der Waals surface area contributed by atoms with Crippen LogP contribution >= 0.6 is 0 Å². The topological polar surface area (TPSA) is 59.1 Å². The number of hydrogen-bond donors (Lipinski definition) is 2. The average Bonchev–Trinajstić information content (AvgIpc) is 3.34. The maximum absolute atomic E-state index is 12.2. The summed E-state index contributed by atoms with van der Waals surface area (Å²) in [6.45, 7) is 9.09. The monoisotopic (exact) mass is 324 g/mol. The molecule has 0 spiro atoms. The number of amides is 1. The van der Waals surface area contributed by atoms with E-state index in [0.717, 1.165) is 64.7 Å². The third kappa shape index (κ3) is 5.41. The van der Waals surface area contributed by atoms with Crippen LogP contribution in [0.3, 0.4) is 0 Å². The Morgan fingerprint density at radius 3 is 2.22 bits per heavy atom. The Morgan fingerprint density at radius 2 is 1.65 bits per heavy atom. The molecule has 0 bridgehead atoms. The normalized spacial score (nSPS) is 27.0. The zero-order valence-electron chi connectivity index (χ0n) is 14.4. The van der Waals surface area contributed by atoms with Gasteiger partial charge in [-0.25, -0.2) is 0 Å². The van der Waals surface area contributed by atoms with Crippen molar-refractivity contribution in [2.75, 3.05) is 52.4 Å². The first-order valence-electron chi connectivity index (χ1n) is 9.26. The van der Waals surface area contributed by atoms with Gasteiger partial charge in [0.15, 0.2) is 0 Å². The molecule has 1 atom stereocenters. The Labute approximate surface area is 139 Å². The Hall–Kier alpha value is -0.690. The number of piperidine rings is 1. The number of likely N-dealkylation sites (tertiary alicyclic amines) is 1. The molecule has 2 N–H and O–H groups in total. The fraction of sp³-hybridized carbons (Fsp3) is 0.941. The second-order valence-electron chi connectivity index (χ2n) is 7.53. The Morgan fingerprint density at radius 1 is 1.04 bits per heavy atom. The second kappa shape index (κ2) is 7.92. The molecule has 0 unspecified atom stereocenters. The maximum atomic E-state index is 12.2. The van der Waals surface area contributed by atoms with E-state index in [2.05, 4.69) is 20.0 Å². The second-order valence-corrected chi connectivity index (χ2v) is 7.53. The lowest BCUT2D eigenvalue weighted by Crippen LogP contribution is -2.52. The van der Waals surface area contributed by atoms with Crippen molar-refractivity contribution in [3.05, 3.63) is 0 Å². The number of nitrogens with zero attached hydrogens (tertiary/aromatic N) is 3. The summed E-state index contributed by atoms with van der Waals surface area (Å²) in [5.41, 5.74) is 0. The van der Waals surface area contributed by atoms with Crippen LogP contribution < -0.4 is 5.32 Å². The summed E-state index contributed by atoms with van der Waals surface area (Å²) in [5, 5.41) is 12.7. The summed E-state index contributed by atoms with van der Waals surface area (Å²) in [7, 11) is 0. The highest BCUT2D eigenvalue weighted by atomic mass is 16.3. The Kier molecular flexibility index (Phi) is 5.91. The zero-order chi connectivity index (χ0) is 16.2. The van der Waals surface area contributed by atoms with Gasteiger partial charge in [-0.2, -0.15) is 0 Å². The van der Waals surface area contributed by atoms with E-state index in [4.69, 9.17) is 0 Å². The number of rotatable bonds is 6. The van der Waals surface area contributed by atoms with Crippen LogP contribution in [0, 0.1) is 0 Å². The average molecular weight is 324 g/mol. The van der Waals surface area contributed by atoms with Crippen LogP contribution in [0.25, 0.3) is 0 Å². The zero-order valence-corrected chi connectivity index (χ0v) is 14.4. The van der Waals surface area contributed by atoms with Crippen LogP contribution in [-0.4, -0.2) is 96.3 Å². The molecule has 3 aliphatic rings. The molecular weight excluding hydrogens is 292 g/mol. The van der Waals surface area contributed by atoms with E-state index >= 15 is 0 Å². The molecule has 6 heteroatoms. The van der Waals surface area contributed by atoms with E-state index < -0.39 is 0 Å². The molecule has 3 rings (SSSR count). The van der Waals surface area contributed by atoms with Crippen LogP contribution in [0.15, 0.2) is 0 Å². The van der Waals surface area contributed by atoms with Gasteiger partial charge >= 0.3 is 0 Å². The fourth-order valence-corrected chi connectivity index (χ4v) is 3.83. The maximum Gasteiger partial charge on any atom is 0.234 e. The SMILES string of the molecule is C[C@@H](O)CN1CCN(CC(=O)NC2CCN(C3CC3)CC2)CC1. The molecule has 132 valence electrons. The van der Waals surface area contributed by atoms with E-state index in [9.17, 15) is 9.90 Å². The van der Waals surface area contributed by atoms with Crippen molar-refractivity contribution < 1.29 is 9.90 Å². The minimum atomic E-state index is -0.272. The van der Waals surface area contributed by atoms with Crippen LogP contribution in [0.5, 0.6) is 0 Å². The highest BCUT2D eigenvalue weighted by Crippen LogP contribution is 2.29. The van der Waals surface area contributed by atoms with Gasteiger partial charge in [0.2, 0.25) is 5.91 Å². The van der Waals surface area contributed by atoms with E-state index in [0.29, 0.717) is 12.6 Å². The number of carbonyl (C=O) groups is 1. The fourth-order valence-electron chi connectivity index (χ4n) is 3.83. The van der Waals surface area contributed by atoms with Crippen molar-refractivity contribution in [3.63, 3.8) is 0 Å². The molecule has 0 aromatic rings. The molecule has 0 radical (unpaired) electrons. The molecule has 1 saturated carbocycles. The van der Waals surface area contributed by atoms with Crippen LogP contribution in [-0.2, 0) is 4.79 Å². The molecule has 2 saturated heterocycles. The Balaban J connectivity index is 1.31. The van der Waals surface area contributed by atoms with Crippen molar-refractivity contribution in [2.45, 2.75) is 50.8 Å². The number of aliphatic hydroxyl groups is 1. The Bertz CT molecular complexity index is 384. The standard InChI is InChI=1S/C17H32N4O2/c1-14(22)12-19-8-10-20(11-9-19)13-17(23)18-15-4-6-21(7-5-15)16-2-3-16/h14-16,22H,2-13H2,1H3,(H,18,23)/t14-/m1/s1. The first kappa shape index (κ1) is 17.1. The molecule has 3 fully saturated rings. The molecule has 0 aromatic carbocycles. The quantitative estimate of drug-likeness (QED) is 0.704. The molecular formula is C17H32N4O2. The predicted octanol–water partition coefficient (Wildman–Crippen LogP) is -0.272. The molecule has 2 heterocycles. The van der Waals surface area contributed by atoms with Gasteiger partial charge in [-0.15, -0.1) is 0 Å². The lowest BCUT2D eigenvalue weighted by atomic mass is 10.0. The van der Waals surface area contributed by atoms with Crippen molar-refractivity contribution in [1.29, 1.82) is 0 Å². The van der Waals surface area contributed by atoms with Crippen LogP contribution in [0.1, 0.15) is 32.6 Å². The van der Waals surface area contributed by atoms with Crippen LogP contribution in [0.4, 0.5) is 0 Å². The number of β-amino-alcohol motifs (C(OH)–C–C–N with tert-alkyl or cyclic N) is 1. The van der Waals surface area contributed by atoms with Gasteiger partial charge in [-0.1, -0.05) is 0 Å². The molecule has 23 heavy (non-hydrogen) atoms. The van der Waals surface area contributed by atoms with Crippen molar-refractivity contribution in [2.24, 2.45) is 0 Å². The van der Waals surface area contributed by atoms with Gasteiger partial charge < -0.3 is 15.3 Å². The van der Waals surface area contributed by atoms with Crippen molar-refractivity contribution in [1.82, 2.24) is 20.0 Å². The van der Waals surface area contributed by atoms with E-state index in [1.54, 1.807) is 0 Å². The van der Waals surface area contributed by atoms with Crippen LogP contribution in [0.2, 0.25) is 0 Å². The molecule has 1 amide bonds. The highest BCUT2D eigenvalue weighted by molar-refractivity contribution is 5.78. The largest absolute Gasteiger partial charge is 0.392 e. The number of nitrogens with one attached hydrogen (secondary N) is 1. The number of piperazine rings is 1. The van der Waals surface area contributed by atoms with Gasteiger partial charge in [0.1, 0.15) is 0 Å². The summed E-state index contributed by atoms with van der Waals surface area (Å²) in [5.74, 6) is 0.179. The molecule has 0 aromatic heterocycles. The summed E-state index contributed by atoms with van der Waals surface area (Å²) in [6.07, 6.45) is 4.68. The lowest BCUT2D eigenvalue weighted by molar-refractivity contribution is -0.123. The number of hydrogen-bond acceptors (Lipinski definition) is 5. The highest BCUT2D eigenvalue weighted by Gasteiger charge is 2.32. The molecule has 2 aliphatic heterocycles. The first-order chi connectivity index (χ1) is 11.1. The number of carbonyl (C=O) groups excluding carboxylic acids is 1. The van der Waals surface area contributed by atoms with Gasteiger partial charge in [-0.3, -0.25) is 14.6 Å². The van der Waals surface area contributed by atoms with Crippen molar-refractivity contribution >= 4 is 5.91 Å². The van der Waals surface area contributed by atoms with Gasteiger partial charge in [0.25, 0.3) is 0 Å². The predicted molar refractivity (Wildman–Crippen MR) is 90.3 cm³/mol. The van der Waals surface area contributed by atoms with E-state index in [1.165, 1.54) is 12.8 Å². The first-order valence-corrected chi connectivity index (χ1v) is 9.26.